The molecule has 33 heavy (non-hydrogen) atoms. The minimum Gasteiger partial charge on any atom is -0.305 e. The average molecular weight is 626 g/mol. The Morgan fingerprint density at radius 2 is 1.03 bits per heavy atom. The molecule has 0 radical (unpaired) electrons. The molecule has 3 nitrogen and oxygen atoms in total. The predicted octanol–water partition coefficient (Wildman–Crippen LogP) is 5.05. The summed E-state index contributed by atoms with van der Waals surface area (Å²) in [6.45, 7) is 0. The van der Waals surface area contributed by atoms with E-state index in [-0.39, 0.29) is 21.1 Å². The van der Waals surface area contributed by atoms with Crippen LogP contribution in [-0.4, -0.2) is 9.97 Å². The van der Waals surface area contributed by atoms with Crippen molar-refractivity contribution in [1.29, 1.82) is 0 Å². The Labute approximate surface area is 208 Å². The van der Waals surface area contributed by atoms with Gasteiger partial charge in [-0.05, 0) is 23.5 Å². The van der Waals surface area contributed by atoms with Crippen molar-refractivity contribution < 1.29 is 25.6 Å². The molecule has 0 fully saturated rings. The van der Waals surface area contributed by atoms with Gasteiger partial charge >= 0.3 is 21.1 Å². The van der Waals surface area contributed by atoms with Gasteiger partial charge in [0.25, 0.3) is 0 Å². The monoisotopic (exact) mass is 625 g/mol. The molecule has 2 aromatic heterocycles. The summed E-state index contributed by atoms with van der Waals surface area (Å²) in [7, 11) is -3.32. The van der Waals surface area contributed by atoms with Crippen molar-refractivity contribution in [1.82, 2.24) is 9.97 Å². The zero-order chi connectivity index (χ0) is 21.8. The maximum absolute atomic E-state index is 14.8. The number of hydrogen-bond donors (Lipinski definition) is 0. The van der Waals surface area contributed by atoms with E-state index in [0.717, 1.165) is 22.5 Å². The van der Waals surface area contributed by atoms with Crippen LogP contribution in [0.3, 0.4) is 0 Å². The van der Waals surface area contributed by atoms with Gasteiger partial charge in [-0.3, -0.25) is 9.97 Å². The van der Waals surface area contributed by atoms with Crippen LogP contribution in [0, 0.1) is 12.1 Å². The first-order valence-corrected chi connectivity index (χ1v) is 12.0. The number of nitrogens with zero attached hydrogens (tertiary/aromatic N) is 2. The molecule has 0 atom stereocenters. The molecule has 0 amide bonds. The molecule has 0 saturated heterocycles. The molecular formula is C28H19N2OPPt. The van der Waals surface area contributed by atoms with Crippen molar-refractivity contribution in [2.45, 2.75) is 0 Å². The minimum absolute atomic E-state index is 0. The van der Waals surface area contributed by atoms with E-state index < -0.39 is 7.14 Å². The van der Waals surface area contributed by atoms with Crippen LogP contribution < -0.4 is 16.2 Å². The second-order valence-corrected chi connectivity index (χ2v) is 9.91. The van der Waals surface area contributed by atoms with Crippen molar-refractivity contribution >= 4 is 23.3 Å². The Bertz CT molecular complexity index is 1310. The fraction of sp³-hybridized carbons (Fsp3) is 0. The molecule has 0 unspecified atom stereocenters. The molecule has 0 aliphatic heterocycles. The molecule has 2 heterocycles. The van der Waals surface area contributed by atoms with Crippen LogP contribution >= 0.6 is 7.14 Å². The van der Waals surface area contributed by atoms with Crippen LogP contribution in [0.1, 0.15) is 0 Å². The van der Waals surface area contributed by atoms with Crippen molar-refractivity contribution in [3.8, 4) is 22.5 Å². The molecule has 0 bridgehead atoms. The molecule has 0 N–H and O–H groups in total. The standard InChI is InChI=1S/C28H19N2OP.Pt/c31-32(24-16-8-3-9-17-24,27-20-10-18-25(29-27)22-12-4-1-5-13-22)28-21-11-19-26(30-28)23-14-6-2-7-15-23;/h1-12,14,16-21H;/q-2;+2. The largest absolute Gasteiger partial charge is 2.00 e. The van der Waals surface area contributed by atoms with E-state index in [2.05, 4.69) is 12.1 Å². The van der Waals surface area contributed by atoms with E-state index in [9.17, 15) is 4.57 Å². The Morgan fingerprint density at radius 3 is 1.48 bits per heavy atom. The van der Waals surface area contributed by atoms with Crippen LogP contribution in [-0.2, 0) is 25.6 Å². The quantitative estimate of drug-likeness (QED) is 0.203. The van der Waals surface area contributed by atoms with Gasteiger partial charge in [-0.2, -0.15) is 0 Å². The third-order valence-corrected chi connectivity index (χ3v) is 8.02. The Balaban J connectivity index is 0.00000259. The third-order valence-electron chi connectivity index (χ3n) is 5.20. The summed E-state index contributed by atoms with van der Waals surface area (Å²) in [5.74, 6) is 0. The van der Waals surface area contributed by atoms with E-state index in [0.29, 0.717) is 16.2 Å². The van der Waals surface area contributed by atoms with Crippen LogP contribution in [0.5, 0.6) is 0 Å². The smallest absolute Gasteiger partial charge is 0.305 e. The average Bonchev–Trinajstić information content (AvgIpc) is 2.90. The van der Waals surface area contributed by atoms with Gasteiger partial charge in [-0.25, -0.2) is 0 Å². The summed E-state index contributed by atoms with van der Waals surface area (Å²) in [5, 5.41) is 0.698. The van der Waals surface area contributed by atoms with Crippen LogP contribution in [0.2, 0.25) is 0 Å². The summed E-state index contributed by atoms with van der Waals surface area (Å²) < 4.78 is 14.8. The molecule has 3 aromatic carbocycles. The zero-order valence-electron chi connectivity index (χ0n) is 17.5. The Hall–Kier alpha value is -3.12. The van der Waals surface area contributed by atoms with Crippen molar-refractivity contribution in [3.05, 3.63) is 127 Å². The fourth-order valence-electron chi connectivity index (χ4n) is 3.62. The van der Waals surface area contributed by atoms with Gasteiger partial charge in [0.2, 0.25) is 7.14 Å². The van der Waals surface area contributed by atoms with Crippen molar-refractivity contribution in [3.63, 3.8) is 0 Å². The van der Waals surface area contributed by atoms with Crippen molar-refractivity contribution in [2.24, 2.45) is 0 Å². The second kappa shape index (κ2) is 10.2. The maximum Gasteiger partial charge on any atom is 2.00 e. The molecule has 5 aromatic rings. The first-order valence-electron chi connectivity index (χ1n) is 10.3. The zero-order valence-corrected chi connectivity index (χ0v) is 20.7. The fourth-order valence-corrected chi connectivity index (χ4v) is 6.07. The number of benzene rings is 3. The molecule has 0 saturated carbocycles. The van der Waals surface area contributed by atoms with Gasteiger partial charge in [-0.1, -0.05) is 54.6 Å². The number of hydrogen-bond acceptors (Lipinski definition) is 3. The van der Waals surface area contributed by atoms with Crippen LogP contribution in [0.25, 0.3) is 22.5 Å². The Morgan fingerprint density at radius 1 is 0.545 bits per heavy atom. The molecule has 162 valence electrons. The topological polar surface area (TPSA) is 42.9 Å². The molecule has 0 spiro atoms. The first kappa shape index (κ1) is 23.1. The number of pyridine rings is 2. The van der Waals surface area contributed by atoms with Crippen LogP contribution in [0.15, 0.2) is 115 Å². The van der Waals surface area contributed by atoms with Gasteiger partial charge in [0.15, 0.2) is 0 Å². The second-order valence-electron chi connectivity index (χ2n) is 7.26. The van der Waals surface area contributed by atoms with E-state index >= 15 is 0 Å². The van der Waals surface area contributed by atoms with Gasteiger partial charge in [0.1, 0.15) is 0 Å². The molecule has 5 heteroatoms. The van der Waals surface area contributed by atoms with Crippen LogP contribution in [0.4, 0.5) is 0 Å². The molecule has 5 rings (SSSR count). The van der Waals surface area contributed by atoms with Gasteiger partial charge < -0.3 is 4.57 Å². The van der Waals surface area contributed by atoms with E-state index in [1.165, 1.54) is 0 Å². The molecule has 0 aliphatic carbocycles. The van der Waals surface area contributed by atoms with Gasteiger partial charge in [0.05, 0.1) is 10.9 Å². The van der Waals surface area contributed by atoms with E-state index in [1.54, 1.807) is 0 Å². The molecular weight excluding hydrogens is 606 g/mol. The van der Waals surface area contributed by atoms with Gasteiger partial charge in [0, 0.05) is 5.30 Å². The number of aromatic nitrogens is 2. The summed E-state index contributed by atoms with van der Waals surface area (Å²) in [5.41, 5.74) is 4.17. The normalized spacial score (nSPS) is 10.9. The Kier molecular flexibility index (Phi) is 7.13. The van der Waals surface area contributed by atoms with Crippen molar-refractivity contribution in [2.75, 3.05) is 0 Å². The predicted molar refractivity (Wildman–Crippen MR) is 130 cm³/mol. The van der Waals surface area contributed by atoms with E-state index in [1.807, 2.05) is 115 Å². The summed E-state index contributed by atoms with van der Waals surface area (Å²) in [4.78, 5) is 9.66. The first-order chi connectivity index (χ1) is 15.7. The molecule has 0 aliphatic rings. The van der Waals surface area contributed by atoms with E-state index in [4.69, 9.17) is 9.97 Å². The summed E-state index contributed by atoms with van der Waals surface area (Å²) >= 11 is 0. The minimum atomic E-state index is -3.32. The summed E-state index contributed by atoms with van der Waals surface area (Å²) in [6.07, 6.45) is 0. The number of rotatable bonds is 5. The maximum atomic E-state index is 14.8. The van der Waals surface area contributed by atoms with Gasteiger partial charge in [-0.15, -0.1) is 71.8 Å². The third kappa shape index (κ3) is 4.66. The SMILES string of the molecule is O=P(c1ccccc1)(c1cccc(-c2[c-]cccc2)n1)c1cccc(-c2[c-]cccc2)n1.[Pt+2]. The summed E-state index contributed by atoms with van der Waals surface area (Å²) in [6, 6.07) is 42.4.